The van der Waals surface area contributed by atoms with Gasteiger partial charge in [0.25, 0.3) is 0 Å². The van der Waals surface area contributed by atoms with Gasteiger partial charge in [-0.3, -0.25) is 14.5 Å². The zero-order chi connectivity index (χ0) is 20.8. The molecule has 30 heavy (non-hydrogen) atoms. The van der Waals surface area contributed by atoms with Crippen molar-refractivity contribution in [1.82, 2.24) is 5.32 Å². The number of para-hydroxylation sites is 3. The van der Waals surface area contributed by atoms with Crippen LogP contribution in [0.5, 0.6) is 11.5 Å². The Morgan fingerprint density at radius 2 is 1.50 bits per heavy atom. The lowest BCUT2D eigenvalue weighted by atomic mass is 10.2. The second-order valence-corrected chi connectivity index (χ2v) is 6.92. The summed E-state index contributed by atoms with van der Waals surface area (Å²) in [5.41, 5.74) is 1.59. The van der Waals surface area contributed by atoms with Crippen LogP contribution in [0.3, 0.4) is 0 Å². The molecule has 1 aliphatic heterocycles. The number of nitrogens with one attached hydrogen (secondary N) is 1. The Bertz CT molecular complexity index is 1010. The molecule has 3 aromatic carbocycles. The average Bonchev–Trinajstić information content (AvgIpc) is 2.81. The molecule has 1 atom stereocenters. The van der Waals surface area contributed by atoms with Gasteiger partial charge in [0.05, 0.1) is 13.1 Å². The molecule has 1 aliphatic rings. The van der Waals surface area contributed by atoms with Crippen molar-refractivity contribution >= 4 is 17.5 Å². The molecule has 4 rings (SSSR count). The molecule has 0 saturated carbocycles. The van der Waals surface area contributed by atoms with Gasteiger partial charge in [0.15, 0.2) is 11.5 Å². The highest BCUT2D eigenvalue weighted by molar-refractivity contribution is 6.40. The number of ether oxygens (including phenoxy) is 2. The third kappa shape index (κ3) is 4.60. The molecule has 0 aromatic heterocycles. The van der Waals surface area contributed by atoms with Crippen LogP contribution in [0.2, 0.25) is 0 Å². The predicted octanol–water partition coefficient (Wildman–Crippen LogP) is 3.18. The molecule has 0 spiro atoms. The van der Waals surface area contributed by atoms with E-state index in [2.05, 4.69) is 5.32 Å². The van der Waals surface area contributed by atoms with Crippen molar-refractivity contribution in [2.45, 2.75) is 12.6 Å². The summed E-state index contributed by atoms with van der Waals surface area (Å²) in [6, 6.07) is 26.1. The van der Waals surface area contributed by atoms with Crippen LogP contribution in [0, 0.1) is 0 Å². The summed E-state index contributed by atoms with van der Waals surface area (Å²) in [5.74, 6) is -0.00185. The second kappa shape index (κ2) is 9.13. The average molecular weight is 402 g/mol. The lowest BCUT2D eigenvalue weighted by Gasteiger charge is -2.27. The maximum Gasteiger partial charge on any atom is 0.316 e. The molecular formula is C24H22N2O4. The van der Waals surface area contributed by atoms with Gasteiger partial charge in [-0.2, -0.15) is 0 Å². The van der Waals surface area contributed by atoms with Crippen molar-refractivity contribution < 1.29 is 19.1 Å². The van der Waals surface area contributed by atoms with Crippen molar-refractivity contribution in [3.63, 3.8) is 0 Å². The molecule has 0 radical (unpaired) electrons. The van der Waals surface area contributed by atoms with Gasteiger partial charge in [0.1, 0.15) is 12.7 Å². The molecule has 1 N–H and O–H groups in total. The van der Waals surface area contributed by atoms with Crippen molar-refractivity contribution in [3.05, 3.63) is 90.5 Å². The number of carbonyl (C=O) groups is 2. The first kappa shape index (κ1) is 19.5. The van der Waals surface area contributed by atoms with E-state index < -0.39 is 11.8 Å². The van der Waals surface area contributed by atoms with Gasteiger partial charge in [-0.15, -0.1) is 0 Å². The third-order valence-corrected chi connectivity index (χ3v) is 4.75. The minimum atomic E-state index is -0.683. The van der Waals surface area contributed by atoms with Crippen LogP contribution in [0.25, 0.3) is 0 Å². The fraction of sp³-hybridized carbons (Fsp3) is 0.167. The number of amides is 2. The normalized spacial score (nSPS) is 14.6. The van der Waals surface area contributed by atoms with Crippen LogP contribution in [-0.2, 0) is 16.1 Å². The van der Waals surface area contributed by atoms with Gasteiger partial charge in [-0.1, -0.05) is 60.7 Å². The topological polar surface area (TPSA) is 67.9 Å². The summed E-state index contributed by atoms with van der Waals surface area (Å²) in [6.07, 6.45) is -0.365. The fourth-order valence-electron chi connectivity index (χ4n) is 3.22. The molecule has 0 bridgehead atoms. The van der Waals surface area contributed by atoms with Gasteiger partial charge in [-0.05, 0) is 29.8 Å². The zero-order valence-corrected chi connectivity index (χ0v) is 16.4. The molecule has 6 heteroatoms. The fourth-order valence-corrected chi connectivity index (χ4v) is 3.22. The van der Waals surface area contributed by atoms with Gasteiger partial charge in [0, 0.05) is 5.69 Å². The van der Waals surface area contributed by atoms with E-state index in [0.717, 1.165) is 5.56 Å². The van der Waals surface area contributed by atoms with E-state index in [1.54, 1.807) is 0 Å². The highest BCUT2D eigenvalue weighted by atomic mass is 16.6. The van der Waals surface area contributed by atoms with Crippen LogP contribution in [0.4, 0.5) is 5.69 Å². The molecule has 2 amide bonds. The second-order valence-electron chi connectivity index (χ2n) is 6.92. The molecule has 0 fully saturated rings. The molecular weight excluding hydrogens is 380 g/mol. The van der Waals surface area contributed by atoms with Crippen LogP contribution in [0.15, 0.2) is 84.9 Å². The van der Waals surface area contributed by atoms with E-state index in [0.29, 0.717) is 30.3 Å². The summed E-state index contributed by atoms with van der Waals surface area (Å²) >= 11 is 0. The maximum absolute atomic E-state index is 13.0. The molecule has 152 valence electrons. The van der Waals surface area contributed by atoms with Crippen molar-refractivity contribution in [1.29, 1.82) is 0 Å². The first-order chi connectivity index (χ1) is 14.7. The minimum absolute atomic E-state index is 0.173. The number of hydrogen-bond acceptors (Lipinski definition) is 4. The first-order valence-electron chi connectivity index (χ1n) is 9.78. The van der Waals surface area contributed by atoms with Gasteiger partial charge in [0.2, 0.25) is 0 Å². The summed E-state index contributed by atoms with van der Waals surface area (Å²) in [5, 5.41) is 2.68. The predicted molar refractivity (Wildman–Crippen MR) is 113 cm³/mol. The molecule has 1 heterocycles. The standard InChI is InChI=1S/C24H22N2O4/c27-23(25-15-20-17-29-21-13-7-8-14-22(21)30-20)24(28)26(19-11-5-2-6-12-19)16-18-9-3-1-4-10-18/h1-14,20H,15-17H2,(H,25,27). The molecule has 3 aromatic rings. The van der Waals surface area contributed by atoms with E-state index in [9.17, 15) is 9.59 Å². The Morgan fingerprint density at radius 1 is 0.867 bits per heavy atom. The number of hydrogen-bond donors (Lipinski definition) is 1. The Hall–Kier alpha value is -3.80. The summed E-state index contributed by atoms with van der Waals surface area (Å²) < 4.78 is 11.5. The summed E-state index contributed by atoms with van der Waals surface area (Å²) in [7, 11) is 0. The van der Waals surface area contributed by atoms with E-state index in [1.165, 1.54) is 4.90 Å². The largest absolute Gasteiger partial charge is 0.486 e. The Morgan fingerprint density at radius 3 is 2.23 bits per heavy atom. The van der Waals surface area contributed by atoms with E-state index in [-0.39, 0.29) is 12.6 Å². The monoisotopic (exact) mass is 402 g/mol. The lowest BCUT2D eigenvalue weighted by molar-refractivity contribution is -0.138. The minimum Gasteiger partial charge on any atom is -0.486 e. The molecule has 0 aliphatic carbocycles. The highest BCUT2D eigenvalue weighted by Crippen LogP contribution is 2.30. The van der Waals surface area contributed by atoms with Crippen LogP contribution in [-0.4, -0.2) is 31.1 Å². The van der Waals surface area contributed by atoms with Crippen LogP contribution in [0.1, 0.15) is 5.56 Å². The Balaban J connectivity index is 1.42. The van der Waals surface area contributed by atoms with E-state index >= 15 is 0 Å². The van der Waals surface area contributed by atoms with Gasteiger partial charge in [-0.25, -0.2) is 0 Å². The number of rotatable bonds is 5. The third-order valence-electron chi connectivity index (χ3n) is 4.75. The first-order valence-corrected chi connectivity index (χ1v) is 9.78. The molecule has 0 saturated heterocycles. The summed E-state index contributed by atoms with van der Waals surface area (Å²) in [6.45, 7) is 0.776. The lowest BCUT2D eigenvalue weighted by Crippen LogP contribution is -2.47. The SMILES string of the molecule is O=C(NCC1COc2ccccc2O1)C(=O)N(Cc1ccccc1)c1ccccc1. The van der Waals surface area contributed by atoms with Gasteiger partial charge >= 0.3 is 11.8 Å². The number of benzene rings is 3. The van der Waals surface area contributed by atoms with Crippen molar-refractivity contribution in [3.8, 4) is 11.5 Å². The smallest absolute Gasteiger partial charge is 0.316 e. The molecule has 6 nitrogen and oxygen atoms in total. The Labute approximate surface area is 175 Å². The van der Waals surface area contributed by atoms with E-state index in [4.69, 9.17) is 9.47 Å². The Kier molecular flexibility index (Phi) is 5.94. The van der Waals surface area contributed by atoms with Crippen molar-refractivity contribution in [2.75, 3.05) is 18.1 Å². The summed E-state index contributed by atoms with van der Waals surface area (Å²) in [4.78, 5) is 27.1. The number of carbonyl (C=O) groups excluding carboxylic acids is 2. The van der Waals surface area contributed by atoms with E-state index in [1.807, 2.05) is 84.9 Å². The van der Waals surface area contributed by atoms with Crippen molar-refractivity contribution in [2.24, 2.45) is 0 Å². The molecule has 1 unspecified atom stereocenters. The van der Waals surface area contributed by atoms with Crippen LogP contribution >= 0.6 is 0 Å². The maximum atomic E-state index is 13.0. The number of anilines is 1. The van der Waals surface area contributed by atoms with Crippen LogP contribution < -0.4 is 19.7 Å². The number of nitrogens with zero attached hydrogens (tertiary/aromatic N) is 1. The zero-order valence-electron chi connectivity index (χ0n) is 16.4. The quantitative estimate of drug-likeness (QED) is 0.666. The number of fused-ring (bicyclic) bond motifs is 1. The van der Waals surface area contributed by atoms with Gasteiger partial charge < -0.3 is 14.8 Å². The highest BCUT2D eigenvalue weighted by Gasteiger charge is 2.26.